The molecule has 0 saturated heterocycles. The minimum atomic E-state index is 0.616. The Hall–Kier alpha value is -0.580. The quantitative estimate of drug-likeness (QED) is 0.680. The first-order chi connectivity index (χ1) is 6.75. The lowest BCUT2D eigenvalue weighted by Gasteiger charge is -2.05. The predicted molar refractivity (Wildman–Crippen MR) is 54.7 cm³/mol. The van der Waals surface area contributed by atoms with Crippen molar-refractivity contribution < 1.29 is 9.47 Å². The Kier molecular flexibility index (Phi) is 4.93. The van der Waals surface area contributed by atoms with Crippen molar-refractivity contribution in [1.29, 1.82) is 0 Å². The molecule has 4 nitrogen and oxygen atoms in total. The molecule has 0 aliphatic rings. The van der Waals surface area contributed by atoms with Crippen LogP contribution < -0.4 is 0 Å². The van der Waals surface area contributed by atoms with E-state index < -0.39 is 0 Å². The zero-order valence-electron chi connectivity index (χ0n) is 8.49. The molecule has 1 heterocycles. The lowest BCUT2D eigenvalue weighted by atomic mass is 10.5. The van der Waals surface area contributed by atoms with Gasteiger partial charge in [-0.2, -0.15) is 5.10 Å². The summed E-state index contributed by atoms with van der Waals surface area (Å²) < 4.78 is 12.0. The van der Waals surface area contributed by atoms with Crippen LogP contribution >= 0.6 is 11.6 Å². The van der Waals surface area contributed by atoms with Gasteiger partial charge in [-0.1, -0.05) is 11.6 Å². The number of nitrogens with zero attached hydrogens (tertiary/aromatic N) is 2. The summed E-state index contributed by atoms with van der Waals surface area (Å²) in [6.45, 7) is 4.53. The largest absolute Gasteiger partial charge is 0.382 e. The van der Waals surface area contributed by atoms with E-state index in [1.54, 1.807) is 13.3 Å². The molecule has 1 rings (SSSR count). The van der Waals surface area contributed by atoms with Crippen molar-refractivity contribution in [3.05, 3.63) is 16.9 Å². The van der Waals surface area contributed by atoms with E-state index >= 15 is 0 Å². The number of halogens is 1. The van der Waals surface area contributed by atoms with Gasteiger partial charge in [0.05, 0.1) is 43.3 Å². The van der Waals surface area contributed by atoms with Gasteiger partial charge in [-0.05, 0) is 6.92 Å². The summed E-state index contributed by atoms with van der Waals surface area (Å²) in [6, 6.07) is 0. The Labute approximate surface area is 88.8 Å². The van der Waals surface area contributed by atoms with E-state index in [0.29, 0.717) is 24.8 Å². The zero-order chi connectivity index (χ0) is 10.4. The molecule has 0 unspecified atom stereocenters. The van der Waals surface area contributed by atoms with Crippen LogP contribution in [0.5, 0.6) is 0 Å². The zero-order valence-corrected chi connectivity index (χ0v) is 9.25. The first kappa shape index (κ1) is 11.5. The highest BCUT2D eigenvalue weighted by Crippen LogP contribution is 2.12. The van der Waals surface area contributed by atoms with Crippen molar-refractivity contribution in [2.24, 2.45) is 0 Å². The van der Waals surface area contributed by atoms with Crippen LogP contribution in [0.3, 0.4) is 0 Å². The third kappa shape index (κ3) is 3.29. The van der Waals surface area contributed by atoms with Crippen LogP contribution in [-0.2, 0) is 16.0 Å². The van der Waals surface area contributed by atoms with Crippen molar-refractivity contribution in [3.8, 4) is 0 Å². The monoisotopic (exact) mass is 218 g/mol. The van der Waals surface area contributed by atoms with Crippen molar-refractivity contribution in [2.75, 3.05) is 26.9 Å². The lowest BCUT2D eigenvalue weighted by molar-refractivity contribution is 0.0652. The Morgan fingerprint density at radius 3 is 2.79 bits per heavy atom. The molecule has 0 amide bonds. The van der Waals surface area contributed by atoms with Crippen LogP contribution in [-0.4, -0.2) is 36.7 Å². The Balaban J connectivity index is 2.21. The highest BCUT2D eigenvalue weighted by Gasteiger charge is 2.02. The van der Waals surface area contributed by atoms with Crippen molar-refractivity contribution >= 4 is 11.6 Å². The summed E-state index contributed by atoms with van der Waals surface area (Å²) in [5.74, 6) is 0. The van der Waals surface area contributed by atoms with Crippen LogP contribution in [0, 0.1) is 6.92 Å². The smallest absolute Gasteiger partial charge is 0.0814 e. The number of hydrogen-bond donors (Lipinski definition) is 0. The molecule has 0 aliphatic heterocycles. The molecule has 0 aliphatic carbocycles. The molecular formula is C9H15ClN2O2. The molecule has 0 aromatic carbocycles. The van der Waals surface area contributed by atoms with Gasteiger partial charge in [0.25, 0.3) is 0 Å². The van der Waals surface area contributed by atoms with Crippen molar-refractivity contribution in [2.45, 2.75) is 13.5 Å². The second kappa shape index (κ2) is 6.01. The van der Waals surface area contributed by atoms with Gasteiger partial charge in [0.2, 0.25) is 0 Å². The number of methoxy groups -OCH3 is 1. The van der Waals surface area contributed by atoms with Crippen LogP contribution in [0.2, 0.25) is 5.02 Å². The first-order valence-electron chi connectivity index (χ1n) is 4.50. The summed E-state index contributed by atoms with van der Waals surface area (Å²) in [5.41, 5.74) is 0.974. The lowest BCUT2D eigenvalue weighted by Crippen LogP contribution is -2.11. The molecule has 0 atom stereocenters. The van der Waals surface area contributed by atoms with E-state index in [2.05, 4.69) is 5.10 Å². The fourth-order valence-corrected chi connectivity index (χ4v) is 1.19. The summed E-state index contributed by atoms with van der Waals surface area (Å²) in [4.78, 5) is 0. The van der Waals surface area contributed by atoms with Crippen LogP contribution in [0.4, 0.5) is 0 Å². The highest BCUT2D eigenvalue weighted by molar-refractivity contribution is 6.31. The van der Waals surface area contributed by atoms with Gasteiger partial charge in [-0.3, -0.25) is 4.68 Å². The maximum Gasteiger partial charge on any atom is 0.0814 e. The van der Waals surface area contributed by atoms with Crippen molar-refractivity contribution in [1.82, 2.24) is 9.78 Å². The van der Waals surface area contributed by atoms with E-state index in [1.165, 1.54) is 0 Å². The average molecular weight is 219 g/mol. The van der Waals surface area contributed by atoms with Gasteiger partial charge < -0.3 is 9.47 Å². The second-order valence-corrected chi connectivity index (χ2v) is 3.31. The van der Waals surface area contributed by atoms with Crippen molar-refractivity contribution in [3.63, 3.8) is 0 Å². The molecule has 0 N–H and O–H groups in total. The van der Waals surface area contributed by atoms with Gasteiger partial charge in [0, 0.05) is 7.11 Å². The van der Waals surface area contributed by atoms with E-state index in [1.807, 2.05) is 11.6 Å². The molecule has 1 aromatic heterocycles. The van der Waals surface area contributed by atoms with Crippen LogP contribution in [0.15, 0.2) is 6.20 Å². The summed E-state index contributed by atoms with van der Waals surface area (Å²) in [5, 5.41) is 4.80. The Morgan fingerprint density at radius 2 is 2.21 bits per heavy atom. The molecule has 0 radical (unpaired) electrons. The number of hydrogen-bond acceptors (Lipinski definition) is 3. The van der Waals surface area contributed by atoms with Gasteiger partial charge in [0.15, 0.2) is 0 Å². The number of rotatable bonds is 6. The summed E-state index contributed by atoms with van der Waals surface area (Å²) >= 11 is 5.85. The maximum atomic E-state index is 5.85. The van der Waals surface area contributed by atoms with E-state index in [0.717, 1.165) is 12.2 Å². The molecule has 0 fully saturated rings. The van der Waals surface area contributed by atoms with Gasteiger partial charge in [0.1, 0.15) is 0 Å². The fraction of sp³-hybridized carbons (Fsp3) is 0.667. The highest BCUT2D eigenvalue weighted by atomic mass is 35.5. The minimum Gasteiger partial charge on any atom is -0.382 e. The number of aromatic nitrogens is 2. The summed E-state index contributed by atoms with van der Waals surface area (Å²) in [7, 11) is 1.65. The minimum absolute atomic E-state index is 0.616. The van der Waals surface area contributed by atoms with Gasteiger partial charge in [-0.25, -0.2) is 0 Å². The van der Waals surface area contributed by atoms with E-state index in [4.69, 9.17) is 21.1 Å². The first-order valence-corrected chi connectivity index (χ1v) is 4.88. The fourth-order valence-electron chi connectivity index (χ4n) is 1.04. The molecular weight excluding hydrogens is 204 g/mol. The Bertz CT molecular complexity index is 276. The normalized spacial score (nSPS) is 10.8. The van der Waals surface area contributed by atoms with E-state index in [-0.39, 0.29) is 0 Å². The molecule has 0 bridgehead atoms. The SMILES string of the molecule is COCCOCCn1ncc(Cl)c1C. The van der Waals surface area contributed by atoms with Gasteiger partial charge in [-0.15, -0.1) is 0 Å². The summed E-state index contributed by atoms with van der Waals surface area (Å²) in [6.07, 6.45) is 1.64. The maximum absolute atomic E-state index is 5.85. The molecule has 1 aromatic rings. The standard InChI is InChI=1S/C9H15ClN2O2/c1-8-9(10)7-11-12(8)3-4-14-6-5-13-2/h7H,3-6H2,1-2H3. The third-order valence-corrected chi connectivity index (χ3v) is 2.29. The molecule has 14 heavy (non-hydrogen) atoms. The van der Waals surface area contributed by atoms with Crippen LogP contribution in [0.25, 0.3) is 0 Å². The predicted octanol–water partition coefficient (Wildman–Crippen LogP) is 1.51. The Morgan fingerprint density at radius 1 is 1.43 bits per heavy atom. The molecule has 0 saturated carbocycles. The average Bonchev–Trinajstić information content (AvgIpc) is 2.49. The van der Waals surface area contributed by atoms with Gasteiger partial charge >= 0.3 is 0 Å². The topological polar surface area (TPSA) is 36.3 Å². The second-order valence-electron chi connectivity index (χ2n) is 2.91. The van der Waals surface area contributed by atoms with E-state index in [9.17, 15) is 0 Å². The number of ether oxygens (including phenoxy) is 2. The third-order valence-electron chi connectivity index (χ3n) is 1.92. The molecule has 0 spiro atoms. The molecule has 80 valence electrons. The van der Waals surface area contributed by atoms with Crippen LogP contribution in [0.1, 0.15) is 5.69 Å². The molecule has 5 heteroatoms.